The maximum atomic E-state index is 5.86. The summed E-state index contributed by atoms with van der Waals surface area (Å²) in [4.78, 5) is 1.14. The zero-order valence-electron chi connectivity index (χ0n) is 14.4. The van der Waals surface area contributed by atoms with E-state index in [1.54, 1.807) is 0 Å². The van der Waals surface area contributed by atoms with Gasteiger partial charge in [0.1, 0.15) is 0 Å². The maximum Gasteiger partial charge on any atom is 0.500 e. The van der Waals surface area contributed by atoms with E-state index in [0.717, 1.165) is 23.8 Å². The fourth-order valence-corrected chi connectivity index (χ4v) is 5.25. The molecule has 0 rings (SSSR count). The van der Waals surface area contributed by atoms with Crippen molar-refractivity contribution >= 4 is 25.9 Å². The normalized spacial score (nSPS) is 11.8. The van der Waals surface area contributed by atoms with Gasteiger partial charge in [0, 0.05) is 25.9 Å². The average molecular weight is 335 g/mol. The van der Waals surface area contributed by atoms with Crippen LogP contribution in [0, 0.1) is 0 Å². The Morgan fingerprint density at radius 3 is 1.62 bits per heavy atom. The first kappa shape index (κ1) is 21.2. The summed E-state index contributed by atoms with van der Waals surface area (Å²) in [6.07, 6.45) is 8.59. The minimum atomic E-state index is -2.40. The lowest BCUT2D eigenvalue weighted by Gasteiger charge is -2.28. The summed E-state index contributed by atoms with van der Waals surface area (Å²) in [5.74, 6) is 0. The summed E-state index contributed by atoms with van der Waals surface area (Å²) in [6, 6.07) is 0.946. The molecule has 0 aliphatic heterocycles. The van der Waals surface area contributed by atoms with Crippen molar-refractivity contribution in [1.29, 1.82) is 0 Å². The third-order valence-corrected chi connectivity index (χ3v) is 6.71. The second-order valence-electron chi connectivity index (χ2n) is 5.31. The molecule has 0 aliphatic rings. The largest absolute Gasteiger partial charge is 0.500 e. The Bertz CT molecular complexity index is 245. The molecule has 0 amide bonds. The van der Waals surface area contributed by atoms with Gasteiger partial charge in [-0.25, -0.2) is 0 Å². The highest BCUT2D eigenvalue weighted by Gasteiger charge is 2.39. The van der Waals surface area contributed by atoms with Crippen molar-refractivity contribution in [3.05, 3.63) is 0 Å². The van der Waals surface area contributed by atoms with Gasteiger partial charge >= 0.3 is 8.80 Å². The number of hydrogen-bond acceptors (Lipinski definition) is 4. The zero-order valence-corrected chi connectivity index (χ0v) is 16.2. The Kier molecular flexibility index (Phi) is 13.9. The monoisotopic (exact) mass is 334 g/mol. The standard InChI is InChI=1S/C16H34O3SSi/c1-5-17-21(18-6-2,19-7-3)15-13-11-9-8-10-12-14-16(4)20/h5-15H2,1-4H3. The number of unbranched alkanes of at least 4 members (excludes halogenated alkanes) is 5. The molecular formula is C16H34O3SSi. The van der Waals surface area contributed by atoms with Crippen LogP contribution in [-0.4, -0.2) is 33.5 Å². The summed E-state index contributed by atoms with van der Waals surface area (Å²) in [5.41, 5.74) is 0. The van der Waals surface area contributed by atoms with E-state index in [1.165, 1.54) is 32.1 Å². The first-order valence-corrected chi connectivity index (χ1v) is 10.9. The topological polar surface area (TPSA) is 27.7 Å². The van der Waals surface area contributed by atoms with Crippen LogP contribution in [0.25, 0.3) is 0 Å². The van der Waals surface area contributed by atoms with Crippen molar-refractivity contribution < 1.29 is 13.3 Å². The van der Waals surface area contributed by atoms with Crippen LogP contribution in [0.15, 0.2) is 0 Å². The van der Waals surface area contributed by atoms with Crippen LogP contribution in [-0.2, 0) is 13.3 Å². The fraction of sp³-hybridized carbons (Fsp3) is 0.938. The van der Waals surface area contributed by atoms with Crippen molar-refractivity contribution in [2.45, 2.75) is 78.7 Å². The predicted octanol–water partition coefficient (Wildman–Crippen LogP) is 5.16. The first-order valence-electron chi connectivity index (χ1n) is 8.51. The van der Waals surface area contributed by atoms with Gasteiger partial charge in [-0.1, -0.05) is 37.9 Å². The molecule has 0 radical (unpaired) electrons. The molecule has 0 bridgehead atoms. The van der Waals surface area contributed by atoms with Crippen LogP contribution in [0.4, 0.5) is 0 Å². The third-order valence-electron chi connectivity index (χ3n) is 3.35. The molecule has 0 aliphatic carbocycles. The van der Waals surface area contributed by atoms with E-state index < -0.39 is 8.80 Å². The molecule has 5 heteroatoms. The third kappa shape index (κ3) is 11.4. The van der Waals surface area contributed by atoms with Crippen LogP contribution in [0.2, 0.25) is 6.04 Å². The molecule has 0 aromatic carbocycles. The Hall–Kier alpha value is 0.187. The van der Waals surface area contributed by atoms with Crippen molar-refractivity contribution in [2.75, 3.05) is 19.8 Å². The molecule has 0 spiro atoms. The Balaban J connectivity index is 3.83. The van der Waals surface area contributed by atoms with Gasteiger partial charge in [0.15, 0.2) is 0 Å². The van der Waals surface area contributed by atoms with E-state index in [1.807, 2.05) is 27.7 Å². The lowest BCUT2D eigenvalue weighted by atomic mass is 10.1. The van der Waals surface area contributed by atoms with Crippen molar-refractivity contribution in [3.63, 3.8) is 0 Å². The molecule has 21 heavy (non-hydrogen) atoms. The number of hydrogen-bond donors (Lipinski definition) is 0. The van der Waals surface area contributed by atoms with E-state index in [9.17, 15) is 0 Å². The van der Waals surface area contributed by atoms with E-state index in [4.69, 9.17) is 25.5 Å². The smallest absolute Gasteiger partial charge is 0.374 e. The van der Waals surface area contributed by atoms with Gasteiger partial charge < -0.3 is 13.3 Å². The van der Waals surface area contributed by atoms with Gasteiger partial charge in [-0.2, -0.15) is 0 Å². The Morgan fingerprint density at radius 1 is 0.762 bits per heavy atom. The van der Waals surface area contributed by atoms with Crippen LogP contribution in [0.5, 0.6) is 0 Å². The van der Waals surface area contributed by atoms with Crippen LogP contribution < -0.4 is 0 Å². The molecule has 3 nitrogen and oxygen atoms in total. The molecule has 0 N–H and O–H groups in total. The molecule has 0 aromatic rings. The molecule has 0 fully saturated rings. The highest BCUT2D eigenvalue weighted by Crippen LogP contribution is 2.20. The van der Waals surface area contributed by atoms with Gasteiger partial charge in [0.05, 0.1) is 0 Å². The summed E-state index contributed by atoms with van der Waals surface area (Å²) in [6.45, 7) is 10.1. The van der Waals surface area contributed by atoms with Crippen LogP contribution >= 0.6 is 12.2 Å². The SMILES string of the molecule is CCO[Si](CCCCCCCCC(C)=S)(OCC)OCC. The molecule has 0 saturated carbocycles. The minimum Gasteiger partial charge on any atom is -0.374 e. The Labute approximate surface area is 138 Å². The summed E-state index contributed by atoms with van der Waals surface area (Å²) >= 11 is 5.09. The van der Waals surface area contributed by atoms with Crippen LogP contribution in [0.1, 0.15) is 72.6 Å². The van der Waals surface area contributed by atoms with Crippen molar-refractivity contribution in [2.24, 2.45) is 0 Å². The van der Waals surface area contributed by atoms with Gasteiger partial charge in [-0.15, -0.1) is 0 Å². The number of thiocarbonyl (C=S) groups is 1. The number of rotatable bonds is 15. The minimum absolute atomic E-state index is 0.670. The highest BCUT2D eigenvalue weighted by atomic mass is 32.1. The predicted molar refractivity (Wildman–Crippen MR) is 96.0 cm³/mol. The van der Waals surface area contributed by atoms with E-state index in [0.29, 0.717) is 19.8 Å². The fourth-order valence-electron chi connectivity index (χ4n) is 2.42. The summed E-state index contributed by atoms with van der Waals surface area (Å²) in [5, 5.41) is 0. The second kappa shape index (κ2) is 13.8. The molecule has 126 valence electrons. The van der Waals surface area contributed by atoms with Gasteiger partial charge in [0.2, 0.25) is 0 Å². The van der Waals surface area contributed by atoms with Gasteiger partial charge in [-0.3, -0.25) is 0 Å². The average Bonchev–Trinajstić information content (AvgIpc) is 2.42. The lowest BCUT2D eigenvalue weighted by Crippen LogP contribution is -2.45. The zero-order chi connectivity index (χ0) is 16.0. The van der Waals surface area contributed by atoms with Crippen LogP contribution in [0.3, 0.4) is 0 Å². The summed E-state index contributed by atoms with van der Waals surface area (Å²) < 4.78 is 17.6. The van der Waals surface area contributed by atoms with E-state index >= 15 is 0 Å². The van der Waals surface area contributed by atoms with Crippen molar-refractivity contribution in [1.82, 2.24) is 0 Å². The quantitative estimate of drug-likeness (QED) is 0.235. The molecule has 0 heterocycles. The highest BCUT2D eigenvalue weighted by molar-refractivity contribution is 7.80. The molecular weight excluding hydrogens is 300 g/mol. The first-order chi connectivity index (χ1) is 10.1. The molecule has 0 unspecified atom stereocenters. The second-order valence-corrected chi connectivity index (χ2v) is 8.73. The Morgan fingerprint density at radius 2 is 1.19 bits per heavy atom. The van der Waals surface area contributed by atoms with Gasteiger partial charge in [0.25, 0.3) is 0 Å². The maximum absolute atomic E-state index is 5.86. The van der Waals surface area contributed by atoms with Crippen molar-refractivity contribution in [3.8, 4) is 0 Å². The lowest BCUT2D eigenvalue weighted by molar-refractivity contribution is 0.0706. The molecule has 0 aromatic heterocycles. The van der Waals surface area contributed by atoms with Gasteiger partial charge in [-0.05, 0) is 51.8 Å². The van der Waals surface area contributed by atoms with E-state index in [-0.39, 0.29) is 0 Å². The van der Waals surface area contributed by atoms with E-state index in [2.05, 4.69) is 0 Å². The molecule has 0 atom stereocenters. The molecule has 0 saturated heterocycles. The summed E-state index contributed by atoms with van der Waals surface area (Å²) in [7, 11) is -2.40.